The van der Waals surface area contributed by atoms with Gasteiger partial charge in [-0.1, -0.05) is 12.1 Å². The van der Waals surface area contributed by atoms with Gasteiger partial charge in [-0.25, -0.2) is 0 Å². The zero-order valence-electron chi connectivity index (χ0n) is 12.1. The zero-order valence-corrected chi connectivity index (χ0v) is 13.6. The Morgan fingerprint density at radius 1 is 1.26 bits per heavy atom. The SMILES string of the molecule is O=C1C[C@@H](Cc2ccc(NC(=O)c3cc(Br)c[nH]3)cc2)C(=O)N1. The largest absolute Gasteiger partial charge is 0.356 e. The molecule has 3 rings (SSSR count). The lowest BCUT2D eigenvalue weighted by Gasteiger charge is -2.08. The average molecular weight is 376 g/mol. The van der Waals surface area contributed by atoms with Gasteiger partial charge in [-0.05, 0) is 46.1 Å². The van der Waals surface area contributed by atoms with E-state index < -0.39 is 0 Å². The van der Waals surface area contributed by atoms with E-state index >= 15 is 0 Å². The molecule has 0 spiro atoms. The number of carbonyl (C=O) groups excluding carboxylic acids is 3. The van der Waals surface area contributed by atoms with Crippen molar-refractivity contribution in [1.29, 1.82) is 0 Å². The van der Waals surface area contributed by atoms with Gasteiger partial charge in [0.25, 0.3) is 5.91 Å². The second-order valence-electron chi connectivity index (χ2n) is 5.40. The molecule has 23 heavy (non-hydrogen) atoms. The van der Waals surface area contributed by atoms with Crippen LogP contribution in [-0.4, -0.2) is 22.7 Å². The fourth-order valence-corrected chi connectivity index (χ4v) is 2.82. The van der Waals surface area contributed by atoms with Crippen molar-refractivity contribution in [2.45, 2.75) is 12.8 Å². The van der Waals surface area contributed by atoms with Crippen LogP contribution in [0.1, 0.15) is 22.5 Å². The van der Waals surface area contributed by atoms with E-state index in [0.717, 1.165) is 10.0 Å². The van der Waals surface area contributed by atoms with Crippen molar-refractivity contribution in [1.82, 2.24) is 10.3 Å². The minimum atomic E-state index is -0.306. The van der Waals surface area contributed by atoms with Crippen LogP contribution in [0, 0.1) is 5.92 Å². The third-order valence-electron chi connectivity index (χ3n) is 3.65. The molecule has 7 heteroatoms. The predicted octanol–water partition coefficient (Wildman–Crippen LogP) is 2.23. The van der Waals surface area contributed by atoms with E-state index in [1.165, 1.54) is 0 Å². The Hall–Kier alpha value is -2.41. The van der Waals surface area contributed by atoms with Crippen molar-refractivity contribution in [3.8, 4) is 0 Å². The van der Waals surface area contributed by atoms with Gasteiger partial charge in [0.2, 0.25) is 11.8 Å². The summed E-state index contributed by atoms with van der Waals surface area (Å²) in [6.45, 7) is 0. The van der Waals surface area contributed by atoms with Crippen LogP contribution in [0.2, 0.25) is 0 Å². The number of benzene rings is 1. The number of H-pyrrole nitrogens is 1. The molecule has 0 saturated carbocycles. The van der Waals surface area contributed by atoms with Crippen LogP contribution in [-0.2, 0) is 16.0 Å². The van der Waals surface area contributed by atoms with Crippen molar-refractivity contribution in [3.05, 3.63) is 52.3 Å². The number of aromatic amines is 1. The topological polar surface area (TPSA) is 91.1 Å². The summed E-state index contributed by atoms with van der Waals surface area (Å²) in [7, 11) is 0. The molecule has 2 aromatic rings. The van der Waals surface area contributed by atoms with Gasteiger partial charge in [0.05, 0.1) is 5.92 Å². The van der Waals surface area contributed by atoms with Crippen LogP contribution < -0.4 is 10.6 Å². The lowest BCUT2D eigenvalue weighted by atomic mass is 9.98. The Balaban J connectivity index is 1.62. The summed E-state index contributed by atoms with van der Waals surface area (Å²) in [5.41, 5.74) is 2.07. The first kappa shape index (κ1) is 15.5. The van der Waals surface area contributed by atoms with Gasteiger partial charge in [0.1, 0.15) is 5.69 Å². The van der Waals surface area contributed by atoms with E-state index in [4.69, 9.17) is 0 Å². The Morgan fingerprint density at radius 3 is 2.57 bits per heavy atom. The van der Waals surface area contributed by atoms with Gasteiger partial charge >= 0.3 is 0 Å². The van der Waals surface area contributed by atoms with Crippen LogP contribution in [0.4, 0.5) is 5.69 Å². The number of nitrogens with one attached hydrogen (secondary N) is 3. The number of hydrogen-bond donors (Lipinski definition) is 3. The quantitative estimate of drug-likeness (QED) is 0.715. The van der Waals surface area contributed by atoms with Crippen molar-refractivity contribution in [2.24, 2.45) is 5.92 Å². The summed E-state index contributed by atoms with van der Waals surface area (Å²) in [6.07, 6.45) is 2.43. The van der Waals surface area contributed by atoms with Gasteiger partial charge < -0.3 is 10.3 Å². The highest BCUT2D eigenvalue weighted by molar-refractivity contribution is 9.10. The fourth-order valence-electron chi connectivity index (χ4n) is 2.48. The highest BCUT2D eigenvalue weighted by Gasteiger charge is 2.30. The predicted molar refractivity (Wildman–Crippen MR) is 87.8 cm³/mol. The molecule has 1 fully saturated rings. The molecule has 1 aliphatic heterocycles. The maximum absolute atomic E-state index is 12.0. The molecule has 0 aliphatic carbocycles. The molecule has 1 atom stereocenters. The molecule has 2 heterocycles. The third kappa shape index (κ3) is 3.68. The summed E-state index contributed by atoms with van der Waals surface area (Å²) in [4.78, 5) is 37.6. The summed E-state index contributed by atoms with van der Waals surface area (Å²) in [6, 6.07) is 8.94. The van der Waals surface area contributed by atoms with Crippen molar-refractivity contribution in [2.75, 3.05) is 5.32 Å². The Morgan fingerprint density at radius 2 is 2.00 bits per heavy atom. The van der Waals surface area contributed by atoms with E-state index in [9.17, 15) is 14.4 Å². The third-order valence-corrected chi connectivity index (χ3v) is 4.11. The van der Waals surface area contributed by atoms with Crippen molar-refractivity contribution >= 4 is 39.3 Å². The number of carbonyl (C=O) groups is 3. The van der Waals surface area contributed by atoms with Crippen LogP contribution in [0.3, 0.4) is 0 Å². The summed E-state index contributed by atoms with van der Waals surface area (Å²) < 4.78 is 0.808. The molecule has 1 aliphatic rings. The lowest BCUT2D eigenvalue weighted by Crippen LogP contribution is -2.22. The van der Waals surface area contributed by atoms with Crippen molar-refractivity contribution < 1.29 is 14.4 Å². The second kappa shape index (κ2) is 6.37. The second-order valence-corrected chi connectivity index (χ2v) is 6.32. The van der Waals surface area contributed by atoms with Gasteiger partial charge in [-0.15, -0.1) is 0 Å². The summed E-state index contributed by atoms with van der Waals surface area (Å²) in [5.74, 6) is -0.978. The molecular formula is C16H14BrN3O3. The lowest BCUT2D eigenvalue weighted by molar-refractivity contribution is -0.125. The maximum Gasteiger partial charge on any atom is 0.272 e. The highest BCUT2D eigenvalue weighted by atomic mass is 79.9. The first-order chi connectivity index (χ1) is 11.0. The van der Waals surface area contributed by atoms with Crippen LogP contribution in [0.5, 0.6) is 0 Å². The number of aromatic nitrogens is 1. The number of imide groups is 1. The number of halogens is 1. The van der Waals surface area contributed by atoms with Gasteiger partial charge in [0, 0.05) is 22.8 Å². The molecule has 1 aromatic heterocycles. The summed E-state index contributed by atoms with van der Waals surface area (Å²) in [5, 5.41) is 5.09. The molecule has 1 saturated heterocycles. The van der Waals surface area contributed by atoms with Gasteiger partial charge in [-0.2, -0.15) is 0 Å². The molecule has 3 N–H and O–H groups in total. The van der Waals surface area contributed by atoms with Crippen molar-refractivity contribution in [3.63, 3.8) is 0 Å². The normalized spacial score (nSPS) is 17.2. The summed E-state index contributed by atoms with van der Waals surface area (Å²) >= 11 is 3.28. The maximum atomic E-state index is 12.0. The Bertz CT molecular complexity index is 767. The number of anilines is 1. The molecule has 1 aromatic carbocycles. The molecule has 0 bridgehead atoms. The average Bonchev–Trinajstić information content (AvgIpc) is 3.07. The molecule has 6 nitrogen and oxygen atoms in total. The highest BCUT2D eigenvalue weighted by Crippen LogP contribution is 2.19. The minimum absolute atomic E-state index is 0.218. The van der Waals surface area contributed by atoms with E-state index in [1.807, 2.05) is 12.1 Å². The van der Waals surface area contributed by atoms with Crippen LogP contribution in [0.15, 0.2) is 41.0 Å². The smallest absolute Gasteiger partial charge is 0.272 e. The molecule has 3 amide bonds. The fraction of sp³-hybridized carbons (Fsp3) is 0.188. The molecule has 0 radical (unpaired) electrons. The monoisotopic (exact) mass is 375 g/mol. The number of rotatable bonds is 4. The van der Waals surface area contributed by atoms with E-state index in [-0.39, 0.29) is 30.1 Å². The van der Waals surface area contributed by atoms with Gasteiger partial charge in [-0.3, -0.25) is 19.7 Å². The first-order valence-corrected chi connectivity index (χ1v) is 7.88. The van der Waals surface area contributed by atoms with E-state index in [1.54, 1.807) is 24.4 Å². The first-order valence-electron chi connectivity index (χ1n) is 7.09. The van der Waals surface area contributed by atoms with E-state index in [2.05, 4.69) is 31.5 Å². The number of amides is 3. The molecular weight excluding hydrogens is 362 g/mol. The zero-order chi connectivity index (χ0) is 16.4. The van der Waals surface area contributed by atoms with Gasteiger partial charge in [0.15, 0.2) is 0 Å². The molecule has 0 unspecified atom stereocenters. The standard InChI is InChI=1S/C16H14BrN3O3/c17-11-7-13(18-8-11)16(23)19-12-3-1-9(2-4-12)5-10-6-14(21)20-15(10)22/h1-4,7-8,10,18H,5-6H2,(H,19,23)(H,20,21,22)/t10-/m1/s1. The Labute approximate surface area is 140 Å². The van der Waals surface area contributed by atoms with E-state index in [0.29, 0.717) is 17.8 Å². The van der Waals surface area contributed by atoms with Crippen LogP contribution >= 0.6 is 15.9 Å². The van der Waals surface area contributed by atoms with Crippen LogP contribution in [0.25, 0.3) is 0 Å². The minimum Gasteiger partial charge on any atom is -0.356 e. The number of hydrogen-bond acceptors (Lipinski definition) is 3. The Kier molecular flexibility index (Phi) is 4.29. The molecule has 118 valence electrons.